The van der Waals surface area contributed by atoms with E-state index in [-0.39, 0.29) is 18.4 Å². The molecule has 2 unspecified atom stereocenters. The maximum Gasteiger partial charge on any atom is 0.241 e. The van der Waals surface area contributed by atoms with E-state index >= 15 is 0 Å². The van der Waals surface area contributed by atoms with Crippen molar-refractivity contribution in [2.75, 3.05) is 27.3 Å². The van der Waals surface area contributed by atoms with E-state index in [4.69, 9.17) is 15.7 Å². The molecule has 0 aromatic carbocycles. The van der Waals surface area contributed by atoms with E-state index in [1.807, 2.05) is 0 Å². The number of rotatable bonds is 5. The molecule has 0 heterocycles. The lowest BCUT2D eigenvalue weighted by atomic mass is 10.2. The lowest BCUT2D eigenvalue weighted by molar-refractivity contribution is -0.132. The van der Waals surface area contributed by atoms with Crippen LogP contribution >= 0.6 is 0 Å². The van der Waals surface area contributed by atoms with Crippen molar-refractivity contribution in [3.05, 3.63) is 0 Å². The van der Waals surface area contributed by atoms with Gasteiger partial charge in [0.1, 0.15) is 6.04 Å². The summed E-state index contributed by atoms with van der Waals surface area (Å²) in [7, 11) is 3.12. The van der Waals surface area contributed by atoms with E-state index < -0.39 is 6.04 Å². The summed E-state index contributed by atoms with van der Waals surface area (Å²) in [5, 5.41) is 8.56. The molecular weight excluding hydrogens is 182 g/mol. The first-order valence-electron chi connectivity index (χ1n) is 4.42. The molecule has 0 rings (SSSR count). The first kappa shape index (κ1) is 12.9. The van der Waals surface area contributed by atoms with Gasteiger partial charge in [0.25, 0.3) is 0 Å². The number of likely N-dealkylation sites (N-methyl/N-ethyl adjacent to an activating group) is 1. The molecule has 0 aliphatic rings. The van der Waals surface area contributed by atoms with Crippen LogP contribution in [0.3, 0.4) is 0 Å². The molecule has 0 spiro atoms. The summed E-state index contributed by atoms with van der Waals surface area (Å²) < 4.78 is 4.77. The molecule has 14 heavy (non-hydrogen) atoms. The van der Waals surface area contributed by atoms with E-state index in [1.54, 1.807) is 14.0 Å². The van der Waals surface area contributed by atoms with Gasteiger partial charge >= 0.3 is 0 Å². The Bertz CT molecular complexity index is 225. The van der Waals surface area contributed by atoms with E-state index in [0.29, 0.717) is 6.54 Å². The maximum absolute atomic E-state index is 11.5. The summed E-state index contributed by atoms with van der Waals surface area (Å²) in [5.41, 5.74) is 5.55. The van der Waals surface area contributed by atoms with E-state index in [1.165, 1.54) is 12.0 Å². The Labute approximate surface area is 84.4 Å². The monoisotopic (exact) mass is 199 g/mol. The van der Waals surface area contributed by atoms with Crippen molar-refractivity contribution in [2.24, 2.45) is 11.7 Å². The third kappa shape index (κ3) is 4.21. The van der Waals surface area contributed by atoms with Crippen LogP contribution in [0.2, 0.25) is 0 Å². The number of nitrogens with zero attached hydrogens (tertiary/aromatic N) is 2. The zero-order valence-corrected chi connectivity index (χ0v) is 8.86. The summed E-state index contributed by atoms with van der Waals surface area (Å²) >= 11 is 0. The Morgan fingerprint density at radius 3 is 2.71 bits per heavy atom. The van der Waals surface area contributed by atoms with Crippen molar-refractivity contribution in [1.29, 1.82) is 5.26 Å². The maximum atomic E-state index is 11.5. The van der Waals surface area contributed by atoms with Gasteiger partial charge in [-0.25, -0.2) is 0 Å². The van der Waals surface area contributed by atoms with Gasteiger partial charge in [0.2, 0.25) is 5.91 Å². The van der Waals surface area contributed by atoms with E-state index in [2.05, 4.69) is 6.07 Å². The molecule has 2 atom stereocenters. The number of nitrogens with two attached hydrogens (primary N) is 1. The lowest BCUT2D eigenvalue weighted by Gasteiger charge is -2.21. The molecule has 80 valence electrons. The van der Waals surface area contributed by atoms with Crippen molar-refractivity contribution >= 4 is 5.91 Å². The van der Waals surface area contributed by atoms with Crippen LogP contribution < -0.4 is 5.73 Å². The van der Waals surface area contributed by atoms with Gasteiger partial charge in [0, 0.05) is 20.7 Å². The van der Waals surface area contributed by atoms with Crippen molar-refractivity contribution < 1.29 is 9.53 Å². The fourth-order valence-electron chi connectivity index (χ4n) is 1.08. The number of ether oxygens (including phenoxy) is 1. The zero-order valence-electron chi connectivity index (χ0n) is 8.86. The minimum Gasteiger partial charge on any atom is -0.383 e. The molecule has 0 aliphatic carbocycles. The third-order valence-corrected chi connectivity index (χ3v) is 1.81. The van der Waals surface area contributed by atoms with Crippen molar-refractivity contribution in [3.63, 3.8) is 0 Å². The highest BCUT2D eigenvalue weighted by Gasteiger charge is 2.18. The topological polar surface area (TPSA) is 79.3 Å². The summed E-state index contributed by atoms with van der Waals surface area (Å²) in [6.45, 7) is 2.35. The van der Waals surface area contributed by atoms with Gasteiger partial charge < -0.3 is 15.4 Å². The number of nitriles is 1. The molecule has 0 fully saturated rings. The van der Waals surface area contributed by atoms with Crippen LogP contribution in [0, 0.1) is 17.2 Å². The van der Waals surface area contributed by atoms with E-state index in [0.717, 1.165) is 0 Å². The number of amides is 1. The highest BCUT2D eigenvalue weighted by Crippen LogP contribution is 1.98. The molecule has 0 saturated heterocycles. The molecule has 0 aliphatic heterocycles. The van der Waals surface area contributed by atoms with Crippen LogP contribution in [-0.4, -0.2) is 44.2 Å². The molecule has 5 heteroatoms. The molecule has 5 nitrogen and oxygen atoms in total. The molecular formula is C9H17N3O2. The average molecular weight is 199 g/mol. The molecule has 0 aromatic heterocycles. The Kier molecular flexibility index (Phi) is 5.84. The van der Waals surface area contributed by atoms with E-state index in [9.17, 15) is 4.79 Å². The van der Waals surface area contributed by atoms with Gasteiger partial charge in [-0.15, -0.1) is 0 Å². The second-order valence-electron chi connectivity index (χ2n) is 3.31. The number of methoxy groups -OCH3 is 1. The summed E-state index contributed by atoms with van der Waals surface area (Å²) in [6.07, 6.45) is 0. The second kappa shape index (κ2) is 6.35. The Morgan fingerprint density at radius 1 is 1.71 bits per heavy atom. The summed E-state index contributed by atoms with van der Waals surface area (Å²) in [6, 6.07) is 1.41. The summed E-state index contributed by atoms with van der Waals surface area (Å²) in [4.78, 5) is 13.0. The zero-order chi connectivity index (χ0) is 11.1. The van der Waals surface area contributed by atoms with Gasteiger partial charge in [-0.05, 0) is 6.92 Å². The van der Waals surface area contributed by atoms with Crippen LogP contribution in [0.25, 0.3) is 0 Å². The quantitative estimate of drug-likeness (QED) is 0.652. The molecule has 0 saturated carbocycles. The van der Waals surface area contributed by atoms with Gasteiger partial charge in [-0.1, -0.05) is 0 Å². The first-order valence-corrected chi connectivity index (χ1v) is 4.42. The fourth-order valence-corrected chi connectivity index (χ4v) is 1.08. The Hall–Kier alpha value is -1.12. The van der Waals surface area contributed by atoms with Crippen LogP contribution in [0.15, 0.2) is 0 Å². The minimum atomic E-state index is -0.643. The SMILES string of the molecule is COCC(N)C(=O)N(C)CC(C)C#N. The van der Waals surface area contributed by atoms with Crippen LogP contribution in [-0.2, 0) is 9.53 Å². The van der Waals surface area contributed by atoms with Gasteiger partial charge in [-0.3, -0.25) is 4.79 Å². The number of carbonyl (C=O) groups is 1. The lowest BCUT2D eigenvalue weighted by Crippen LogP contribution is -2.45. The second-order valence-corrected chi connectivity index (χ2v) is 3.31. The number of hydrogen-bond acceptors (Lipinski definition) is 4. The molecule has 0 aromatic rings. The van der Waals surface area contributed by atoms with Crippen molar-refractivity contribution in [1.82, 2.24) is 4.90 Å². The van der Waals surface area contributed by atoms with Gasteiger partial charge in [0.05, 0.1) is 18.6 Å². The number of hydrogen-bond donors (Lipinski definition) is 1. The molecule has 1 amide bonds. The average Bonchev–Trinajstić information content (AvgIpc) is 2.16. The normalized spacial score (nSPS) is 14.2. The third-order valence-electron chi connectivity index (χ3n) is 1.81. The predicted molar refractivity (Wildman–Crippen MR) is 52.3 cm³/mol. The van der Waals surface area contributed by atoms with Gasteiger partial charge in [0.15, 0.2) is 0 Å². The molecule has 0 bridgehead atoms. The molecule has 0 radical (unpaired) electrons. The fraction of sp³-hybridized carbons (Fsp3) is 0.778. The van der Waals surface area contributed by atoms with Crippen LogP contribution in [0.4, 0.5) is 0 Å². The van der Waals surface area contributed by atoms with Gasteiger partial charge in [-0.2, -0.15) is 5.26 Å². The highest BCUT2D eigenvalue weighted by atomic mass is 16.5. The smallest absolute Gasteiger partial charge is 0.241 e. The van der Waals surface area contributed by atoms with Crippen LogP contribution in [0.5, 0.6) is 0 Å². The highest BCUT2D eigenvalue weighted by molar-refractivity contribution is 5.81. The number of carbonyl (C=O) groups excluding carboxylic acids is 1. The predicted octanol–water partition coefficient (Wildman–Crippen LogP) is -0.422. The first-order chi connectivity index (χ1) is 6.52. The van der Waals surface area contributed by atoms with Crippen molar-refractivity contribution in [3.8, 4) is 6.07 Å². The van der Waals surface area contributed by atoms with Crippen LogP contribution in [0.1, 0.15) is 6.92 Å². The molecule has 2 N–H and O–H groups in total. The minimum absolute atomic E-state index is 0.182. The Balaban J connectivity index is 4.06. The standard InChI is InChI=1S/C9H17N3O2/c1-7(4-10)5-12(2)9(13)8(11)6-14-3/h7-8H,5-6,11H2,1-3H3. The summed E-state index contributed by atoms with van der Waals surface area (Å²) in [5.74, 6) is -0.382. The van der Waals surface area contributed by atoms with Crippen molar-refractivity contribution in [2.45, 2.75) is 13.0 Å². The largest absolute Gasteiger partial charge is 0.383 e. The Morgan fingerprint density at radius 2 is 2.29 bits per heavy atom.